The number of carboxylic acid groups (broad SMARTS) is 1. The van der Waals surface area contributed by atoms with Gasteiger partial charge in [0.25, 0.3) is 0 Å². The van der Waals surface area contributed by atoms with Crippen LogP contribution in [0, 0.1) is 0 Å². The van der Waals surface area contributed by atoms with Gasteiger partial charge in [-0.2, -0.15) is 0 Å². The average molecular weight is 495 g/mol. The minimum atomic E-state index is -1.39. The number of rotatable bonds is 15. The van der Waals surface area contributed by atoms with E-state index in [-0.39, 0.29) is 37.9 Å². The fourth-order valence-electron chi connectivity index (χ4n) is 2.89. The van der Waals surface area contributed by atoms with E-state index in [0.29, 0.717) is 5.56 Å². The standard InChI is InChI=1S/C21H30N6O8/c22-13(9-11-1-3-12(28)4-2-11)19(32)27-14(5-7-16(23)29)20(33)25-10-18(31)26-15(21(34)35)6-8-17(24)30/h1-4,13-15,28H,5-10,22H2,(H2,23,29)(H2,24,30)(H,25,33)(H,26,31)(H,27,32)(H,34,35). The van der Waals surface area contributed by atoms with Crippen molar-refractivity contribution in [1.29, 1.82) is 0 Å². The first kappa shape index (κ1) is 28.8. The van der Waals surface area contributed by atoms with Crippen LogP contribution in [-0.2, 0) is 35.2 Å². The zero-order chi connectivity index (χ0) is 26.5. The van der Waals surface area contributed by atoms with Crippen LogP contribution in [0.15, 0.2) is 24.3 Å². The molecule has 192 valence electrons. The van der Waals surface area contributed by atoms with Crippen LogP contribution in [0.5, 0.6) is 5.75 Å². The summed E-state index contributed by atoms with van der Waals surface area (Å²) in [6.07, 6.45) is -0.820. The minimum Gasteiger partial charge on any atom is -0.508 e. The highest BCUT2D eigenvalue weighted by atomic mass is 16.4. The summed E-state index contributed by atoms with van der Waals surface area (Å²) in [4.78, 5) is 70.3. The molecule has 3 atom stereocenters. The lowest BCUT2D eigenvalue weighted by molar-refractivity contribution is -0.142. The number of carboxylic acids is 1. The number of aromatic hydroxyl groups is 1. The average Bonchev–Trinajstić information content (AvgIpc) is 2.78. The molecule has 14 nitrogen and oxygen atoms in total. The van der Waals surface area contributed by atoms with Gasteiger partial charge in [-0.05, 0) is 37.0 Å². The number of hydrogen-bond donors (Lipinski definition) is 8. The van der Waals surface area contributed by atoms with Crippen molar-refractivity contribution in [2.75, 3.05) is 6.54 Å². The molecule has 0 fully saturated rings. The third-order valence-corrected chi connectivity index (χ3v) is 4.78. The smallest absolute Gasteiger partial charge is 0.326 e. The quantitative estimate of drug-likeness (QED) is 0.123. The molecule has 14 heteroatoms. The molecule has 0 aliphatic rings. The Hall–Kier alpha value is -4.20. The number of phenolic OH excluding ortho intramolecular Hbond substituents is 1. The molecule has 0 heterocycles. The summed E-state index contributed by atoms with van der Waals surface area (Å²) < 4.78 is 0. The van der Waals surface area contributed by atoms with E-state index in [2.05, 4.69) is 16.0 Å². The van der Waals surface area contributed by atoms with Crippen molar-refractivity contribution in [3.8, 4) is 5.75 Å². The van der Waals surface area contributed by atoms with Crippen LogP contribution in [0.1, 0.15) is 31.2 Å². The van der Waals surface area contributed by atoms with Crippen LogP contribution >= 0.6 is 0 Å². The molecule has 1 aromatic carbocycles. The molecule has 0 saturated heterocycles. The lowest BCUT2D eigenvalue weighted by atomic mass is 10.0. The first-order valence-corrected chi connectivity index (χ1v) is 10.6. The fourth-order valence-corrected chi connectivity index (χ4v) is 2.89. The minimum absolute atomic E-state index is 0.0431. The molecular formula is C21H30N6O8. The summed E-state index contributed by atoms with van der Waals surface area (Å²) in [6.45, 7) is -0.637. The van der Waals surface area contributed by atoms with Crippen molar-refractivity contribution in [2.24, 2.45) is 17.2 Å². The summed E-state index contributed by atoms with van der Waals surface area (Å²) in [7, 11) is 0. The first-order valence-electron chi connectivity index (χ1n) is 10.6. The molecule has 0 bridgehead atoms. The Labute approximate surface area is 200 Å². The topological polar surface area (TPSA) is 257 Å². The maximum atomic E-state index is 12.5. The summed E-state index contributed by atoms with van der Waals surface area (Å²) in [5, 5.41) is 25.3. The van der Waals surface area contributed by atoms with E-state index < -0.39 is 60.2 Å². The number of nitrogens with one attached hydrogen (secondary N) is 3. The fraction of sp³-hybridized carbons (Fsp3) is 0.429. The summed E-state index contributed by atoms with van der Waals surface area (Å²) in [5.74, 6) is -5.20. The number of phenols is 1. The molecule has 11 N–H and O–H groups in total. The Kier molecular flexibility index (Phi) is 11.7. The van der Waals surface area contributed by atoms with E-state index >= 15 is 0 Å². The van der Waals surface area contributed by atoms with Gasteiger partial charge in [-0.1, -0.05) is 12.1 Å². The van der Waals surface area contributed by atoms with E-state index in [1.165, 1.54) is 12.1 Å². The second-order valence-electron chi connectivity index (χ2n) is 7.72. The van der Waals surface area contributed by atoms with Gasteiger partial charge >= 0.3 is 5.97 Å². The van der Waals surface area contributed by atoms with E-state index in [0.717, 1.165) is 0 Å². The first-order chi connectivity index (χ1) is 16.4. The van der Waals surface area contributed by atoms with Crippen molar-refractivity contribution in [1.82, 2.24) is 16.0 Å². The largest absolute Gasteiger partial charge is 0.508 e. The summed E-state index contributed by atoms with van der Waals surface area (Å²) in [5.41, 5.74) is 16.6. The molecule has 0 aliphatic carbocycles. The zero-order valence-electron chi connectivity index (χ0n) is 18.9. The molecular weight excluding hydrogens is 464 g/mol. The van der Waals surface area contributed by atoms with E-state index in [4.69, 9.17) is 22.3 Å². The molecule has 35 heavy (non-hydrogen) atoms. The maximum absolute atomic E-state index is 12.5. The maximum Gasteiger partial charge on any atom is 0.326 e. The van der Waals surface area contributed by atoms with Gasteiger partial charge in [-0.15, -0.1) is 0 Å². The van der Waals surface area contributed by atoms with Crippen LogP contribution in [-0.4, -0.2) is 70.4 Å². The lowest BCUT2D eigenvalue weighted by Crippen LogP contribution is -2.54. The molecule has 1 rings (SSSR count). The van der Waals surface area contributed by atoms with Gasteiger partial charge in [0.05, 0.1) is 12.6 Å². The van der Waals surface area contributed by atoms with Gasteiger partial charge in [0.1, 0.15) is 17.8 Å². The SMILES string of the molecule is NC(=O)CCC(NC(=O)CNC(=O)C(CCC(N)=O)NC(=O)C(N)Cc1ccc(O)cc1)C(=O)O. The molecule has 5 amide bonds. The highest BCUT2D eigenvalue weighted by Gasteiger charge is 2.26. The Morgan fingerprint density at radius 2 is 1.37 bits per heavy atom. The number of aliphatic carboxylic acids is 1. The van der Waals surface area contributed by atoms with Crippen molar-refractivity contribution in [3.05, 3.63) is 29.8 Å². The third kappa shape index (κ3) is 11.5. The molecule has 0 spiro atoms. The van der Waals surface area contributed by atoms with E-state index in [9.17, 15) is 33.9 Å². The van der Waals surface area contributed by atoms with Gasteiger partial charge in [0.2, 0.25) is 29.5 Å². The second kappa shape index (κ2) is 14.1. The van der Waals surface area contributed by atoms with Gasteiger partial charge < -0.3 is 43.4 Å². The van der Waals surface area contributed by atoms with Crippen LogP contribution < -0.4 is 33.2 Å². The van der Waals surface area contributed by atoms with Gasteiger partial charge in [0, 0.05) is 12.8 Å². The molecule has 3 unspecified atom stereocenters. The van der Waals surface area contributed by atoms with Crippen molar-refractivity contribution in [3.63, 3.8) is 0 Å². The normalized spacial score (nSPS) is 13.1. The highest BCUT2D eigenvalue weighted by molar-refractivity contribution is 5.93. The Morgan fingerprint density at radius 1 is 0.829 bits per heavy atom. The Bertz CT molecular complexity index is 936. The monoisotopic (exact) mass is 494 g/mol. The third-order valence-electron chi connectivity index (χ3n) is 4.78. The van der Waals surface area contributed by atoms with Crippen LogP contribution in [0.4, 0.5) is 0 Å². The summed E-state index contributed by atoms with van der Waals surface area (Å²) in [6, 6.07) is 2.30. The molecule has 0 radical (unpaired) electrons. The number of nitrogens with two attached hydrogens (primary N) is 3. The van der Waals surface area contributed by atoms with Gasteiger partial charge in [-0.3, -0.25) is 24.0 Å². The number of amides is 5. The van der Waals surface area contributed by atoms with Crippen molar-refractivity contribution >= 4 is 35.5 Å². The number of carbonyl (C=O) groups is 6. The predicted octanol–water partition coefficient (Wildman–Crippen LogP) is -3.04. The highest BCUT2D eigenvalue weighted by Crippen LogP contribution is 2.11. The molecule has 0 saturated carbocycles. The zero-order valence-corrected chi connectivity index (χ0v) is 18.9. The van der Waals surface area contributed by atoms with E-state index in [1.54, 1.807) is 12.1 Å². The molecule has 0 aliphatic heterocycles. The Balaban J connectivity index is 2.71. The lowest BCUT2D eigenvalue weighted by Gasteiger charge is -2.21. The summed E-state index contributed by atoms with van der Waals surface area (Å²) >= 11 is 0. The number of hydrogen-bond acceptors (Lipinski definition) is 8. The second-order valence-corrected chi connectivity index (χ2v) is 7.72. The molecule has 0 aromatic heterocycles. The number of primary amides is 2. The number of benzene rings is 1. The van der Waals surface area contributed by atoms with Crippen LogP contribution in [0.3, 0.4) is 0 Å². The van der Waals surface area contributed by atoms with E-state index in [1.807, 2.05) is 0 Å². The van der Waals surface area contributed by atoms with Crippen LogP contribution in [0.25, 0.3) is 0 Å². The van der Waals surface area contributed by atoms with Crippen molar-refractivity contribution in [2.45, 2.75) is 50.2 Å². The molecule has 1 aromatic rings. The number of carbonyl (C=O) groups excluding carboxylic acids is 5. The van der Waals surface area contributed by atoms with Gasteiger partial charge in [0.15, 0.2) is 0 Å². The Morgan fingerprint density at radius 3 is 1.89 bits per heavy atom. The predicted molar refractivity (Wildman–Crippen MR) is 121 cm³/mol. The van der Waals surface area contributed by atoms with Crippen LogP contribution in [0.2, 0.25) is 0 Å². The van der Waals surface area contributed by atoms with Crippen molar-refractivity contribution < 1.29 is 39.0 Å². The van der Waals surface area contributed by atoms with Gasteiger partial charge in [-0.25, -0.2) is 4.79 Å².